The topological polar surface area (TPSA) is 67.4 Å². The van der Waals surface area contributed by atoms with E-state index in [4.69, 9.17) is 14.2 Å². The highest BCUT2D eigenvalue weighted by Crippen LogP contribution is 2.30. The van der Waals surface area contributed by atoms with Gasteiger partial charge >= 0.3 is 0 Å². The number of anilines is 1. The second-order valence-corrected chi connectivity index (χ2v) is 7.16. The number of ether oxygens (including phenoxy) is 3. The van der Waals surface area contributed by atoms with Crippen molar-refractivity contribution in [2.75, 3.05) is 59.0 Å². The van der Waals surface area contributed by atoms with E-state index in [1.54, 1.807) is 21.3 Å². The van der Waals surface area contributed by atoms with Crippen molar-refractivity contribution in [2.45, 2.75) is 25.3 Å². The summed E-state index contributed by atoms with van der Waals surface area (Å²) in [6, 6.07) is 6.34. The van der Waals surface area contributed by atoms with Crippen LogP contribution < -0.4 is 25.0 Å². The van der Waals surface area contributed by atoms with Crippen LogP contribution in [-0.2, 0) is 4.74 Å². The normalized spacial score (nSPS) is 19.2. The largest absolute Gasteiger partial charge is 0.497 e. The fraction of sp³-hybridized carbons (Fsp3) is 0.650. The Hall–Kier alpha value is -1.42. The van der Waals surface area contributed by atoms with Gasteiger partial charge in [0.1, 0.15) is 11.5 Å². The summed E-state index contributed by atoms with van der Waals surface area (Å²) in [6.07, 6.45) is 3.71. The molecular weight excluding hydrogens is 471 g/mol. The number of benzene rings is 1. The third-order valence-electron chi connectivity index (χ3n) is 5.04. The second-order valence-electron chi connectivity index (χ2n) is 7.16. The van der Waals surface area contributed by atoms with E-state index in [1.807, 2.05) is 6.07 Å². The molecule has 0 aromatic heterocycles. The number of hydrogen-bond donors (Lipinski definition) is 2. The molecule has 2 fully saturated rings. The smallest absolute Gasteiger partial charge is 0.191 e. The molecule has 0 amide bonds. The Morgan fingerprint density at radius 1 is 1.14 bits per heavy atom. The summed E-state index contributed by atoms with van der Waals surface area (Å²) >= 11 is 0. The fourth-order valence-corrected chi connectivity index (χ4v) is 3.25. The molecule has 1 aliphatic carbocycles. The van der Waals surface area contributed by atoms with Crippen molar-refractivity contribution in [1.29, 1.82) is 0 Å². The lowest BCUT2D eigenvalue weighted by molar-refractivity contribution is 0.129. The number of methoxy groups -OCH3 is 2. The lowest BCUT2D eigenvalue weighted by Gasteiger charge is -2.21. The molecule has 1 aromatic carbocycles. The lowest BCUT2D eigenvalue weighted by atomic mass is 10.2. The van der Waals surface area contributed by atoms with Crippen LogP contribution in [0.25, 0.3) is 0 Å². The Morgan fingerprint density at radius 3 is 2.46 bits per heavy atom. The number of nitrogens with zero attached hydrogens (tertiary/aromatic N) is 2. The molecule has 0 spiro atoms. The van der Waals surface area contributed by atoms with E-state index in [0.717, 1.165) is 68.3 Å². The first kappa shape index (κ1) is 22.9. The van der Waals surface area contributed by atoms with Gasteiger partial charge in [0.25, 0.3) is 0 Å². The molecule has 2 aliphatic rings. The maximum absolute atomic E-state index is 5.66. The molecule has 1 saturated heterocycles. The molecule has 1 saturated carbocycles. The standard InChI is InChI=1S/C20H32N4O3.HI/c1-21-20(22-7-9-27-14-15-4-5-15)23-16-6-8-24(13-16)17-10-18(25-2)12-19(11-17)26-3;/h10-12,15-16H,4-9,13-14H2,1-3H3,(H2,21,22,23);1H. The van der Waals surface area contributed by atoms with E-state index in [9.17, 15) is 0 Å². The van der Waals surface area contributed by atoms with Gasteiger partial charge < -0.3 is 29.7 Å². The minimum Gasteiger partial charge on any atom is -0.497 e. The van der Waals surface area contributed by atoms with Crippen LogP contribution in [0.4, 0.5) is 5.69 Å². The summed E-state index contributed by atoms with van der Waals surface area (Å²) in [5, 5.41) is 6.85. The quantitative estimate of drug-likeness (QED) is 0.233. The van der Waals surface area contributed by atoms with Gasteiger partial charge in [-0.2, -0.15) is 0 Å². The van der Waals surface area contributed by atoms with Crippen LogP contribution in [0.5, 0.6) is 11.5 Å². The van der Waals surface area contributed by atoms with Crippen LogP contribution in [-0.4, -0.2) is 66.1 Å². The van der Waals surface area contributed by atoms with Crippen LogP contribution in [0, 0.1) is 5.92 Å². The average molecular weight is 504 g/mol. The molecule has 1 aliphatic heterocycles. The summed E-state index contributed by atoms with van der Waals surface area (Å²) in [5.74, 6) is 3.26. The van der Waals surface area contributed by atoms with E-state index in [-0.39, 0.29) is 24.0 Å². The van der Waals surface area contributed by atoms with Gasteiger partial charge in [-0.1, -0.05) is 0 Å². The highest BCUT2D eigenvalue weighted by Gasteiger charge is 2.24. The van der Waals surface area contributed by atoms with Crippen LogP contribution in [0.3, 0.4) is 0 Å². The zero-order chi connectivity index (χ0) is 19.1. The summed E-state index contributed by atoms with van der Waals surface area (Å²) in [6.45, 7) is 4.29. The van der Waals surface area contributed by atoms with Crippen LogP contribution in [0.1, 0.15) is 19.3 Å². The maximum atomic E-state index is 5.66. The molecule has 7 nitrogen and oxygen atoms in total. The molecule has 8 heteroatoms. The SMILES string of the molecule is CN=C(NCCOCC1CC1)NC1CCN(c2cc(OC)cc(OC)c2)C1.I. The summed E-state index contributed by atoms with van der Waals surface area (Å²) in [5.41, 5.74) is 1.12. The van der Waals surface area contributed by atoms with Gasteiger partial charge in [-0.05, 0) is 25.2 Å². The predicted octanol–water partition coefficient (Wildman–Crippen LogP) is 2.49. The van der Waals surface area contributed by atoms with Crippen LogP contribution in [0.2, 0.25) is 0 Å². The Kier molecular flexibility index (Phi) is 9.43. The summed E-state index contributed by atoms with van der Waals surface area (Å²) < 4.78 is 16.4. The highest BCUT2D eigenvalue weighted by molar-refractivity contribution is 14.0. The summed E-state index contributed by atoms with van der Waals surface area (Å²) in [7, 11) is 5.16. The first-order valence-electron chi connectivity index (χ1n) is 9.74. The Bertz CT molecular complexity index is 618. The molecule has 2 N–H and O–H groups in total. The molecule has 0 radical (unpaired) electrons. The minimum atomic E-state index is 0. The molecule has 1 aromatic rings. The molecule has 28 heavy (non-hydrogen) atoms. The average Bonchev–Trinajstić information content (AvgIpc) is 3.41. The molecule has 3 rings (SSSR count). The summed E-state index contributed by atoms with van der Waals surface area (Å²) in [4.78, 5) is 6.67. The first-order chi connectivity index (χ1) is 13.2. The van der Waals surface area contributed by atoms with Crippen molar-refractivity contribution in [1.82, 2.24) is 10.6 Å². The maximum Gasteiger partial charge on any atom is 0.191 e. The molecule has 1 heterocycles. The van der Waals surface area contributed by atoms with Gasteiger partial charge in [0.15, 0.2) is 5.96 Å². The zero-order valence-corrected chi connectivity index (χ0v) is 19.4. The van der Waals surface area contributed by atoms with E-state index in [2.05, 4.69) is 32.7 Å². The van der Waals surface area contributed by atoms with Crippen LogP contribution in [0.15, 0.2) is 23.2 Å². The Labute approximate surface area is 185 Å². The molecule has 0 bridgehead atoms. The Morgan fingerprint density at radius 2 is 1.86 bits per heavy atom. The van der Waals surface area contributed by atoms with E-state index >= 15 is 0 Å². The molecule has 1 unspecified atom stereocenters. The monoisotopic (exact) mass is 504 g/mol. The van der Waals surface area contributed by atoms with Crippen molar-refractivity contribution in [3.8, 4) is 11.5 Å². The van der Waals surface area contributed by atoms with E-state index < -0.39 is 0 Å². The Balaban J connectivity index is 0.00000280. The fourth-order valence-electron chi connectivity index (χ4n) is 3.25. The number of hydrogen-bond acceptors (Lipinski definition) is 5. The van der Waals surface area contributed by atoms with Gasteiger partial charge in [0.05, 0.1) is 20.8 Å². The number of rotatable bonds is 9. The zero-order valence-electron chi connectivity index (χ0n) is 17.1. The molecular formula is C20H33IN4O3. The first-order valence-corrected chi connectivity index (χ1v) is 9.74. The third-order valence-corrected chi connectivity index (χ3v) is 5.04. The second kappa shape index (κ2) is 11.5. The van der Waals surface area contributed by atoms with Crippen molar-refractivity contribution in [3.63, 3.8) is 0 Å². The number of guanidine groups is 1. The number of halogens is 1. The third kappa shape index (κ3) is 6.88. The van der Waals surface area contributed by atoms with Crippen molar-refractivity contribution in [2.24, 2.45) is 10.9 Å². The van der Waals surface area contributed by atoms with Gasteiger partial charge in [-0.15, -0.1) is 24.0 Å². The minimum absolute atomic E-state index is 0. The van der Waals surface area contributed by atoms with Crippen molar-refractivity contribution >= 4 is 35.6 Å². The van der Waals surface area contributed by atoms with E-state index in [0.29, 0.717) is 6.04 Å². The van der Waals surface area contributed by atoms with Gasteiger partial charge in [0, 0.05) is 63.2 Å². The van der Waals surface area contributed by atoms with Crippen molar-refractivity contribution in [3.05, 3.63) is 18.2 Å². The number of aliphatic imine (C=N–C) groups is 1. The van der Waals surface area contributed by atoms with E-state index in [1.165, 1.54) is 12.8 Å². The van der Waals surface area contributed by atoms with Crippen LogP contribution >= 0.6 is 24.0 Å². The predicted molar refractivity (Wildman–Crippen MR) is 124 cm³/mol. The molecule has 1 atom stereocenters. The highest BCUT2D eigenvalue weighted by atomic mass is 127. The van der Waals surface area contributed by atoms with Gasteiger partial charge in [-0.3, -0.25) is 4.99 Å². The number of nitrogens with one attached hydrogen (secondary N) is 2. The van der Waals surface area contributed by atoms with Crippen molar-refractivity contribution < 1.29 is 14.2 Å². The lowest BCUT2D eigenvalue weighted by Crippen LogP contribution is -2.45. The molecule has 158 valence electrons. The van der Waals surface area contributed by atoms with Gasteiger partial charge in [0.2, 0.25) is 0 Å². The van der Waals surface area contributed by atoms with Gasteiger partial charge in [-0.25, -0.2) is 0 Å².